The molecule has 0 unspecified atom stereocenters. The van der Waals surface area contributed by atoms with Gasteiger partial charge in [0.2, 0.25) is 0 Å². The summed E-state index contributed by atoms with van der Waals surface area (Å²) >= 11 is 0. The summed E-state index contributed by atoms with van der Waals surface area (Å²) in [4.78, 5) is 19.1. The second-order valence-electron chi connectivity index (χ2n) is 5.47. The van der Waals surface area contributed by atoms with E-state index in [9.17, 15) is 4.79 Å². The molecule has 0 spiro atoms. The zero-order chi connectivity index (χ0) is 13.8. The van der Waals surface area contributed by atoms with E-state index in [2.05, 4.69) is 20.6 Å². The summed E-state index contributed by atoms with van der Waals surface area (Å²) in [6.07, 6.45) is 8.06. The van der Waals surface area contributed by atoms with Crippen LogP contribution in [-0.4, -0.2) is 22.5 Å². The van der Waals surface area contributed by atoms with Crippen LogP contribution in [0.1, 0.15) is 32.1 Å². The van der Waals surface area contributed by atoms with Crippen LogP contribution in [0.3, 0.4) is 0 Å². The fraction of sp³-hybridized carbons (Fsp3) is 0.467. The van der Waals surface area contributed by atoms with Crippen LogP contribution in [0.15, 0.2) is 24.5 Å². The number of hydrogen-bond donors (Lipinski definition) is 3. The van der Waals surface area contributed by atoms with Crippen molar-refractivity contribution >= 4 is 22.8 Å². The first kappa shape index (κ1) is 13.0. The second kappa shape index (κ2) is 5.94. The van der Waals surface area contributed by atoms with Crippen molar-refractivity contribution in [2.24, 2.45) is 5.92 Å². The van der Waals surface area contributed by atoms with E-state index in [0.29, 0.717) is 5.92 Å². The summed E-state index contributed by atoms with van der Waals surface area (Å²) in [5, 5.41) is 5.83. The number of imidazole rings is 1. The van der Waals surface area contributed by atoms with Gasteiger partial charge in [-0.2, -0.15) is 0 Å². The Bertz CT molecular complexity index is 586. The number of fused-ring (bicyclic) bond motifs is 1. The largest absolute Gasteiger partial charge is 0.345 e. The van der Waals surface area contributed by atoms with E-state index in [4.69, 9.17) is 0 Å². The molecule has 2 aromatic rings. The first-order valence-electron chi connectivity index (χ1n) is 7.29. The lowest BCUT2D eigenvalue weighted by Gasteiger charge is -2.21. The van der Waals surface area contributed by atoms with Crippen LogP contribution in [0, 0.1) is 5.92 Å². The molecule has 0 radical (unpaired) electrons. The van der Waals surface area contributed by atoms with Crippen molar-refractivity contribution in [1.82, 2.24) is 15.3 Å². The lowest BCUT2D eigenvalue weighted by Crippen LogP contribution is -2.33. The standard InChI is InChI=1S/C15H20N4O/c20-15(16-9-11-4-2-1-3-5-11)19-12-6-7-13-14(8-12)18-10-17-13/h6-8,10-11H,1-5,9H2,(H,17,18)(H2,16,19,20). The van der Waals surface area contributed by atoms with E-state index in [1.54, 1.807) is 6.33 Å². The van der Waals surface area contributed by atoms with Gasteiger partial charge in [-0.3, -0.25) is 0 Å². The third-order valence-electron chi connectivity index (χ3n) is 3.95. The molecular weight excluding hydrogens is 252 g/mol. The highest BCUT2D eigenvalue weighted by atomic mass is 16.2. The number of H-pyrrole nitrogens is 1. The molecule has 0 bridgehead atoms. The predicted molar refractivity (Wildman–Crippen MR) is 79.7 cm³/mol. The van der Waals surface area contributed by atoms with Gasteiger partial charge in [-0.15, -0.1) is 0 Å². The van der Waals surface area contributed by atoms with Gasteiger partial charge < -0.3 is 15.6 Å². The fourth-order valence-electron chi connectivity index (χ4n) is 2.82. The number of nitrogens with one attached hydrogen (secondary N) is 3. The summed E-state index contributed by atoms with van der Waals surface area (Å²) in [5.74, 6) is 0.643. The maximum Gasteiger partial charge on any atom is 0.319 e. The number of rotatable bonds is 3. The number of nitrogens with zero attached hydrogens (tertiary/aromatic N) is 1. The van der Waals surface area contributed by atoms with Crippen molar-refractivity contribution in [2.75, 3.05) is 11.9 Å². The molecule has 3 N–H and O–H groups in total. The minimum atomic E-state index is -0.130. The number of carbonyl (C=O) groups excluding carboxylic acids is 1. The molecule has 1 aliphatic carbocycles. The Balaban J connectivity index is 1.52. The SMILES string of the molecule is O=C(NCC1CCCCC1)Nc1ccc2nc[nH]c2c1. The molecule has 1 fully saturated rings. The van der Waals surface area contributed by atoms with Crippen LogP contribution in [-0.2, 0) is 0 Å². The third kappa shape index (κ3) is 3.10. The van der Waals surface area contributed by atoms with Crippen molar-refractivity contribution < 1.29 is 4.79 Å². The summed E-state index contributed by atoms with van der Waals surface area (Å²) in [6.45, 7) is 0.776. The molecule has 3 rings (SSSR count). The Hall–Kier alpha value is -2.04. The lowest BCUT2D eigenvalue weighted by molar-refractivity contribution is 0.247. The topological polar surface area (TPSA) is 69.8 Å². The van der Waals surface area contributed by atoms with Gasteiger partial charge in [0, 0.05) is 12.2 Å². The molecule has 1 aromatic heterocycles. The van der Waals surface area contributed by atoms with Crippen LogP contribution in [0.4, 0.5) is 10.5 Å². The van der Waals surface area contributed by atoms with E-state index in [-0.39, 0.29) is 6.03 Å². The maximum absolute atomic E-state index is 11.9. The highest BCUT2D eigenvalue weighted by Crippen LogP contribution is 2.22. The number of carbonyl (C=O) groups is 1. The molecule has 0 saturated heterocycles. The van der Waals surface area contributed by atoms with E-state index >= 15 is 0 Å². The van der Waals surface area contributed by atoms with Crippen LogP contribution < -0.4 is 10.6 Å². The third-order valence-corrected chi connectivity index (χ3v) is 3.95. The van der Waals surface area contributed by atoms with Gasteiger partial charge in [0.25, 0.3) is 0 Å². The maximum atomic E-state index is 11.9. The molecule has 2 amide bonds. The van der Waals surface area contributed by atoms with Gasteiger partial charge in [-0.25, -0.2) is 9.78 Å². The highest BCUT2D eigenvalue weighted by molar-refractivity contribution is 5.91. The van der Waals surface area contributed by atoms with E-state index < -0.39 is 0 Å². The Morgan fingerprint density at radius 1 is 1.30 bits per heavy atom. The number of hydrogen-bond acceptors (Lipinski definition) is 2. The van der Waals surface area contributed by atoms with Crippen molar-refractivity contribution in [3.63, 3.8) is 0 Å². The van der Waals surface area contributed by atoms with Crippen LogP contribution in [0.5, 0.6) is 0 Å². The second-order valence-corrected chi connectivity index (χ2v) is 5.47. The van der Waals surface area contributed by atoms with Gasteiger partial charge in [0.1, 0.15) is 0 Å². The number of aromatic nitrogens is 2. The van der Waals surface area contributed by atoms with Gasteiger partial charge in [-0.05, 0) is 37.0 Å². The van der Waals surface area contributed by atoms with E-state index in [1.807, 2.05) is 18.2 Å². The quantitative estimate of drug-likeness (QED) is 0.802. The Labute approximate surface area is 118 Å². The summed E-state index contributed by atoms with van der Waals surface area (Å²) in [7, 11) is 0. The Kier molecular flexibility index (Phi) is 3.85. The highest BCUT2D eigenvalue weighted by Gasteiger charge is 2.14. The van der Waals surface area contributed by atoms with Gasteiger partial charge >= 0.3 is 6.03 Å². The zero-order valence-electron chi connectivity index (χ0n) is 11.5. The number of urea groups is 1. The molecular formula is C15H20N4O. The summed E-state index contributed by atoms with van der Waals surface area (Å²) in [5.41, 5.74) is 2.61. The Morgan fingerprint density at radius 2 is 2.15 bits per heavy atom. The molecule has 1 heterocycles. The molecule has 5 heteroatoms. The normalized spacial score (nSPS) is 16.2. The number of amides is 2. The number of benzene rings is 1. The fourth-order valence-corrected chi connectivity index (χ4v) is 2.82. The average molecular weight is 272 g/mol. The van der Waals surface area contributed by atoms with E-state index in [1.165, 1.54) is 32.1 Å². The van der Waals surface area contributed by atoms with E-state index in [0.717, 1.165) is 23.3 Å². The molecule has 1 aromatic carbocycles. The number of anilines is 1. The minimum absolute atomic E-state index is 0.130. The first-order valence-corrected chi connectivity index (χ1v) is 7.29. The molecule has 1 aliphatic rings. The molecule has 5 nitrogen and oxygen atoms in total. The van der Waals surface area contributed by atoms with Crippen molar-refractivity contribution in [2.45, 2.75) is 32.1 Å². The van der Waals surface area contributed by atoms with Gasteiger partial charge in [-0.1, -0.05) is 19.3 Å². The van der Waals surface area contributed by atoms with Crippen molar-refractivity contribution in [3.8, 4) is 0 Å². The van der Waals surface area contributed by atoms with Gasteiger partial charge in [0.15, 0.2) is 0 Å². The zero-order valence-corrected chi connectivity index (χ0v) is 11.5. The first-order chi connectivity index (χ1) is 9.81. The summed E-state index contributed by atoms with van der Waals surface area (Å²) < 4.78 is 0. The van der Waals surface area contributed by atoms with Crippen LogP contribution in [0.2, 0.25) is 0 Å². The minimum Gasteiger partial charge on any atom is -0.345 e. The molecule has 1 saturated carbocycles. The molecule has 0 atom stereocenters. The van der Waals surface area contributed by atoms with Gasteiger partial charge in [0.05, 0.1) is 17.4 Å². The van der Waals surface area contributed by atoms with Crippen molar-refractivity contribution in [3.05, 3.63) is 24.5 Å². The molecule has 0 aliphatic heterocycles. The molecule has 20 heavy (non-hydrogen) atoms. The number of aromatic amines is 1. The predicted octanol–water partition coefficient (Wildman–Crippen LogP) is 3.26. The summed E-state index contributed by atoms with van der Waals surface area (Å²) in [6, 6.07) is 5.52. The average Bonchev–Trinajstić information content (AvgIpc) is 2.94. The van der Waals surface area contributed by atoms with Crippen LogP contribution >= 0.6 is 0 Å². The monoisotopic (exact) mass is 272 g/mol. The molecule has 106 valence electrons. The Morgan fingerprint density at radius 3 is 3.00 bits per heavy atom. The lowest BCUT2D eigenvalue weighted by atomic mass is 9.89. The van der Waals surface area contributed by atoms with Crippen LogP contribution in [0.25, 0.3) is 11.0 Å². The smallest absolute Gasteiger partial charge is 0.319 e. The van der Waals surface area contributed by atoms with Crippen molar-refractivity contribution in [1.29, 1.82) is 0 Å².